The summed E-state index contributed by atoms with van der Waals surface area (Å²) in [5, 5.41) is 0. The first-order valence-electron chi connectivity index (χ1n) is 9.76. The van der Waals surface area contributed by atoms with Crippen molar-refractivity contribution in [2.45, 2.75) is 84.5 Å². The standard InChI is InChI=1S/C20H39NO2/c1-4-20(22)23-19-17-15-13-11-9-7-8-10-12-14-16-18-21(5-2)6-3/h4H,1,5-19H2,2-3H3. The molecule has 0 aliphatic rings. The minimum atomic E-state index is -0.304. The summed E-state index contributed by atoms with van der Waals surface area (Å²) in [6.07, 6.45) is 15.6. The van der Waals surface area contributed by atoms with Crippen LogP contribution in [0.4, 0.5) is 0 Å². The van der Waals surface area contributed by atoms with Gasteiger partial charge in [-0.05, 0) is 32.5 Å². The Balaban J connectivity index is 3.10. The SMILES string of the molecule is C=CC(=O)OCCCCCCCCCCCCCN(CC)CC. The van der Waals surface area contributed by atoms with Gasteiger partial charge < -0.3 is 9.64 Å². The van der Waals surface area contributed by atoms with E-state index < -0.39 is 0 Å². The molecule has 0 aromatic carbocycles. The van der Waals surface area contributed by atoms with Gasteiger partial charge in [0.2, 0.25) is 0 Å². The van der Waals surface area contributed by atoms with Gasteiger partial charge in [0.1, 0.15) is 0 Å². The second-order valence-corrected chi connectivity index (χ2v) is 6.29. The van der Waals surface area contributed by atoms with Gasteiger partial charge in [-0.15, -0.1) is 0 Å². The molecule has 0 saturated carbocycles. The summed E-state index contributed by atoms with van der Waals surface area (Å²) in [5.74, 6) is -0.304. The number of carbonyl (C=O) groups excluding carboxylic acids is 1. The average Bonchev–Trinajstić information content (AvgIpc) is 2.58. The number of rotatable bonds is 17. The Morgan fingerprint density at radius 3 is 1.70 bits per heavy atom. The molecule has 3 heteroatoms. The molecule has 0 unspecified atom stereocenters. The molecule has 0 aromatic heterocycles. The molecule has 0 fully saturated rings. The van der Waals surface area contributed by atoms with Crippen molar-refractivity contribution in [3.05, 3.63) is 12.7 Å². The number of nitrogens with zero attached hydrogens (tertiary/aromatic N) is 1. The Labute approximate surface area is 144 Å². The third-order valence-corrected chi connectivity index (χ3v) is 4.42. The Hall–Kier alpha value is -0.830. The first-order valence-corrected chi connectivity index (χ1v) is 9.76. The molecule has 0 radical (unpaired) electrons. The van der Waals surface area contributed by atoms with Crippen LogP contribution in [0.25, 0.3) is 0 Å². The number of esters is 1. The van der Waals surface area contributed by atoms with Crippen molar-refractivity contribution in [3.63, 3.8) is 0 Å². The summed E-state index contributed by atoms with van der Waals surface area (Å²) in [7, 11) is 0. The fraction of sp³-hybridized carbons (Fsp3) is 0.850. The maximum Gasteiger partial charge on any atom is 0.330 e. The van der Waals surface area contributed by atoms with Crippen LogP contribution in [0.1, 0.15) is 84.5 Å². The Bertz CT molecular complexity index is 275. The molecule has 0 amide bonds. The molecular formula is C20H39NO2. The lowest BCUT2D eigenvalue weighted by Gasteiger charge is -2.17. The molecule has 0 bridgehead atoms. The highest BCUT2D eigenvalue weighted by Gasteiger charge is 1.98. The van der Waals surface area contributed by atoms with Gasteiger partial charge >= 0.3 is 5.97 Å². The predicted molar refractivity (Wildman–Crippen MR) is 99.7 cm³/mol. The molecule has 0 spiro atoms. The van der Waals surface area contributed by atoms with Crippen molar-refractivity contribution in [2.24, 2.45) is 0 Å². The number of hydrogen-bond donors (Lipinski definition) is 0. The Kier molecular flexibility index (Phi) is 16.9. The smallest absolute Gasteiger partial charge is 0.330 e. The van der Waals surface area contributed by atoms with Gasteiger partial charge in [0.25, 0.3) is 0 Å². The van der Waals surface area contributed by atoms with Gasteiger partial charge in [-0.3, -0.25) is 0 Å². The maximum absolute atomic E-state index is 10.8. The van der Waals surface area contributed by atoms with Gasteiger partial charge in [-0.25, -0.2) is 4.79 Å². The molecule has 0 heterocycles. The van der Waals surface area contributed by atoms with Gasteiger partial charge in [0.15, 0.2) is 0 Å². The fourth-order valence-corrected chi connectivity index (χ4v) is 2.80. The summed E-state index contributed by atoms with van der Waals surface area (Å²) in [6, 6.07) is 0. The van der Waals surface area contributed by atoms with Crippen LogP contribution in [0.3, 0.4) is 0 Å². The zero-order valence-electron chi connectivity index (χ0n) is 15.7. The van der Waals surface area contributed by atoms with E-state index in [0.29, 0.717) is 6.61 Å². The van der Waals surface area contributed by atoms with Crippen molar-refractivity contribution < 1.29 is 9.53 Å². The summed E-state index contributed by atoms with van der Waals surface area (Å²) < 4.78 is 4.95. The van der Waals surface area contributed by atoms with Crippen LogP contribution in [0, 0.1) is 0 Å². The third kappa shape index (κ3) is 15.8. The number of hydrogen-bond acceptors (Lipinski definition) is 3. The molecule has 0 aliphatic heterocycles. The maximum atomic E-state index is 10.8. The molecule has 0 N–H and O–H groups in total. The van der Waals surface area contributed by atoms with Gasteiger partial charge in [-0.2, -0.15) is 0 Å². The molecule has 0 atom stereocenters. The Morgan fingerprint density at radius 2 is 1.26 bits per heavy atom. The fourth-order valence-electron chi connectivity index (χ4n) is 2.80. The van der Waals surface area contributed by atoms with Crippen LogP contribution in [0.2, 0.25) is 0 Å². The van der Waals surface area contributed by atoms with E-state index in [9.17, 15) is 4.79 Å². The lowest BCUT2D eigenvalue weighted by Crippen LogP contribution is -2.23. The van der Waals surface area contributed by atoms with Crippen molar-refractivity contribution in [2.75, 3.05) is 26.2 Å². The second-order valence-electron chi connectivity index (χ2n) is 6.29. The molecule has 0 saturated heterocycles. The summed E-state index contributed by atoms with van der Waals surface area (Å²) >= 11 is 0. The molecule has 0 aromatic rings. The van der Waals surface area contributed by atoms with Crippen LogP contribution in [-0.4, -0.2) is 37.1 Å². The number of carbonyl (C=O) groups is 1. The lowest BCUT2D eigenvalue weighted by molar-refractivity contribution is -0.137. The zero-order chi connectivity index (χ0) is 17.2. The zero-order valence-corrected chi connectivity index (χ0v) is 15.7. The topological polar surface area (TPSA) is 29.5 Å². The minimum absolute atomic E-state index is 0.304. The molecular weight excluding hydrogens is 286 g/mol. The third-order valence-electron chi connectivity index (χ3n) is 4.42. The van der Waals surface area contributed by atoms with Crippen molar-refractivity contribution >= 4 is 5.97 Å². The molecule has 23 heavy (non-hydrogen) atoms. The van der Waals surface area contributed by atoms with Crippen LogP contribution in [-0.2, 0) is 9.53 Å². The summed E-state index contributed by atoms with van der Waals surface area (Å²) in [5.41, 5.74) is 0. The highest BCUT2D eigenvalue weighted by Crippen LogP contribution is 2.11. The predicted octanol–water partition coefficient (Wildman–Crippen LogP) is 5.35. The monoisotopic (exact) mass is 325 g/mol. The van der Waals surface area contributed by atoms with E-state index in [2.05, 4.69) is 25.3 Å². The minimum Gasteiger partial charge on any atom is -0.463 e. The molecule has 0 aliphatic carbocycles. The van der Waals surface area contributed by atoms with E-state index in [1.807, 2.05) is 0 Å². The first-order chi connectivity index (χ1) is 11.2. The van der Waals surface area contributed by atoms with Crippen LogP contribution in [0.5, 0.6) is 0 Å². The highest BCUT2D eigenvalue weighted by atomic mass is 16.5. The van der Waals surface area contributed by atoms with Gasteiger partial charge in [0, 0.05) is 6.08 Å². The van der Waals surface area contributed by atoms with Gasteiger partial charge in [0.05, 0.1) is 6.61 Å². The van der Waals surface area contributed by atoms with Crippen molar-refractivity contribution in [1.82, 2.24) is 4.90 Å². The van der Waals surface area contributed by atoms with E-state index in [1.54, 1.807) is 0 Å². The average molecular weight is 326 g/mol. The molecule has 3 nitrogen and oxygen atoms in total. The lowest BCUT2D eigenvalue weighted by atomic mass is 10.1. The first kappa shape index (κ1) is 22.2. The van der Waals surface area contributed by atoms with E-state index in [-0.39, 0.29) is 5.97 Å². The number of ether oxygens (including phenoxy) is 1. The summed E-state index contributed by atoms with van der Waals surface area (Å²) in [4.78, 5) is 13.3. The van der Waals surface area contributed by atoms with Crippen LogP contribution >= 0.6 is 0 Å². The quantitative estimate of drug-likeness (QED) is 0.205. The normalized spacial score (nSPS) is 10.9. The Morgan fingerprint density at radius 1 is 0.826 bits per heavy atom. The van der Waals surface area contributed by atoms with Crippen molar-refractivity contribution in [3.8, 4) is 0 Å². The van der Waals surface area contributed by atoms with E-state index in [4.69, 9.17) is 4.74 Å². The van der Waals surface area contributed by atoms with Crippen LogP contribution in [0.15, 0.2) is 12.7 Å². The summed E-state index contributed by atoms with van der Waals surface area (Å²) in [6.45, 7) is 12.1. The molecule has 136 valence electrons. The highest BCUT2D eigenvalue weighted by molar-refractivity contribution is 5.81. The van der Waals surface area contributed by atoms with Gasteiger partial charge in [-0.1, -0.05) is 78.2 Å². The van der Waals surface area contributed by atoms with E-state index in [1.165, 1.54) is 83.5 Å². The molecule has 0 rings (SSSR count). The van der Waals surface area contributed by atoms with E-state index >= 15 is 0 Å². The largest absolute Gasteiger partial charge is 0.463 e. The second kappa shape index (κ2) is 17.5. The van der Waals surface area contributed by atoms with Crippen LogP contribution < -0.4 is 0 Å². The van der Waals surface area contributed by atoms with Crippen molar-refractivity contribution in [1.29, 1.82) is 0 Å². The van der Waals surface area contributed by atoms with E-state index in [0.717, 1.165) is 12.8 Å². The number of unbranched alkanes of at least 4 members (excludes halogenated alkanes) is 10.